The van der Waals surface area contributed by atoms with Gasteiger partial charge in [0.2, 0.25) is 0 Å². The lowest BCUT2D eigenvalue weighted by Gasteiger charge is -2.21. The molecule has 2 aliphatic carbocycles. The Morgan fingerprint density at radius 2 is 1.63 bits per heavy atom. The highest BCUT2D eigenvalue weighted by atomic mass is 16.5. The zero-order valence-corrected chi connectivity index (χ0v) is 17.7. The predicted molar refractivity (Wildman–Crippen MR) is 119 cm³/mol. The number of benzene rings is 2. The van der Waals surface area contributed by atoms with E-state index in [1.807, 2.05) is 0 Å². The second-order valence-corrected chi connectivity index (χ2v) is 9.46. The van der Waals surface area contributed by atoms with Crippen LogP contribution in [0.4, 0.5) is 0 Å². The number of nitrogens with two attached hydrogens (primary N) is 2. The molecular weight excluding hydrogens is 372 g/mol. The van der Waals surface area contributed by atoms with Crippen molar-refractivity contribution in [1.29, 1.82) is 0 Å². The summed E-state index contributed by atoms with van der Waals surface area (Å²) in [4.78, 5) is 0. The van der Waals surface area contributed by atoms with Gasteiger partial charge in [0.25, 0.3) is 0 Å². The summed E-state index contributed by atoms with van der Waals surface area (Å²) >= 11 is 0. The Labute approximate surface area is 178 Å². The van der Waals surface area contributed by atoms with E-state index in [9.17, 15) is 0 Å². The van der Waals surface area contributed by atoms with Crippen molar-refractivity contribution in [2.75, 3.05) is 26.3 Å². The number of fused-ring (bicyclic) bond motifs is 6. The molecule has 2 heterocycles. The van der Waals surface area contributed by atoms with E-state index in [4.69, 9.17) is 20.9 Å². The minimum absolute atomic E-state index is 0.410. The molecule has 2 aromatic rings. The molecule has 6 rings (SSSR count). The highest BCUT2D eigenvalue weighted by Crippen LogP contribution is 2.55. The Morgan fingerprint density at radius 1 is 0.833 bits per heavy atom. The smallest absolute Gasteiger partial charge is 0.126 e. The Kier molecular flexibility index (Phi) is 4.54. The average molecular weight is 405 g/mol. The fourth-order valence-electron chi connectivity index (χ4n) is 6.83. The third kappa shape index (κ3) is 2.66. The average Bonchev–Trinajstić information content (AvgIpc) is 3.52. The molecule has 0 spiro atoms. The van der Waals surface area contributed by atoms with Crippen molar-refractivity contribution < 1.29 is 9.47 Å². The zero-order valence-electron chi connectivity index (χ0n) is 17.7. The van der Waals surface area contributed by atoms with E-state index in [0.717, 1.165) is 64.2 Å². The van der Waals surface area contributed by atoms with Gasteiger partial charge in [0.15, 0.2) is 0 Å². The molecule has 0 fully saturated rings. The highest BCUT2D eigenvalue weighted by molar-refractivity contribution is 5.62. The first-order valence-corrected chi connectivity index (χ1v) is 11.8. The largest absolute Gasteiger partial charge is 0.493 e. The summed E-state index contributed by atoms with van der Waals surface area (Å²) in [5.74, 6) is 3.85. The first-order valence-electron chi connectivity index (χ1n) is 11.8. The van der Waals surface area contributed by atoms with Crippen LogP contribution in [0.1, 0.15) is 82.4 Å². The lowest BCUT2D eigenvalue weighted by Crippen LogP contribution is -2.08. The van der Waals surface area contributed by atoms with E-state index in [1.54, 1.807) is 11.1 Å². The summed E-state index contributed by atoms with van der Waals surface area (Å²) in [7, 11) is 0. The molecule has 0 bridgehead atoms. The molecule has 0 radical (unpaired) electrons. The summed E-state index contributed by atoms with van der Waals surface area (Å²) in [6.45, 7) is 3.13. The minimum atomic E-state index is 0.410. The molecule has 4 heteroatoms. The van der Waals surface area contributed by atoms with Crippen molar-refractivity contribution in [3.63, 3.8) is 0 Å². The van der Waals surface area contributed by atoms with Crippen molar-refractivity contribution in [3.05, 3.63) is 57.1 Å². The quantitative estimate of drug-likeness (QED) is 0.793. The van der Waals surface area contributed by atoms with Crippen molar-refractivity contribution in [2.24, 2.45) is 11.5 Å². The van der Waals surface area contributed by atoms with Crippen LogP contribution in [-0.2, 0) is 19.3 Å². The Hall–Kier alpha value is -2.04. The number of rotatable bonds is 5. The molecule has 0 aromatic heterocycles. The van der Waals surface area contributed by atoms with Crippen LogP contribution in [0.25, 0.3) is 0 Å². The molecule has 2 aromatic carbocycles. The van der Waals surface area contributed by atoms with Gasteiger partial charge in [-0.1, -0.05) is 12.1 Å². The maximum Gasteiger partial charge on any atom is 0.126 e. The highest BCUT2D eigenvalue weighted by Gasteiger charge is 2.39. The second-order valence-electron chi connectivity index (χ2n) is 9.46. The number of ether oxygens (including phenoxy) is 2. The summed E-state index contributed by atoms with van der Waals surface area (Å²) < 4.78 is 12.2. The van der Waals surface area contributed by atoms with Crippen LogP contribution < -0.4 is 20.9 Å². The van der Waals surface area contributed by atoms with Crippen LogP contribution in [0.5, 0.6) is 11.5 Å². The fraction of sp³-hybridized carbons (Fsp3) is 0.538. The van der Waals surface area contributed by atoms with Gasteiger partial charge in [0.05, 0.1) is 13.2 Å². The molecule has 4 N–H and O–H groups in total. The molecule has 3 unspecified atom stereocenters. The molecule has 30 heavy (non-hydrogen) atoms. The molecule has 4 nitrogen and oxygen atoms in total. The molecule has 0 saturated heterocycles. The fourth-order valence-corrected chi connectivity index (χ4v) is 6.83. The zero-order chi connectivity index (χ0) is 20.2. The molecule has 158 valence electrons. The van der Waals surface area contributed by atoms with E-state index in [0.29, 0.717) is 17.8 Å². The van der Waals surface area contributed by atoms with Crippen LogP contribution in [0.2, 0.25) is 0 Å². The Morgan fingerprint density at radius 3 is 2.50 bits per heavy atom. The Balaban J connectivity index is 1.48. The van der Waals surface area contributed by atoms with E-state index in [2.05, 4.69) is 18.2 Å². The monoisotopic (exact) mass is 404 g/mol. The topological polar surface area (TPSA) is 70.5 Å². The summed E-state index contributed by atoms with van der Waals surface area (Å²) in [6, 6.07) is 7.02. The van der Waals surface area contributed by atoms with Crippen molar-refractivity contribution >= 4 is 0 Å². The van der Waals surface area contributed by atoms with Gasteiger partial charge in [-0.2, -0.15) is 0 Å². The first kappa shape index (κ1) is 18.7. The van der Waals surface area contributed by atoms with Crippen LogP contribution in [-0.4, -0.2) is 26.3 Å². The molecule has 2 aliphatic heterocycles. The molecule has 4 aliphatic rings. The molecule has 3 atom stereocenters. The molecule has 0 saturated carbocycles. The molecular formula is C26H32N2O2. The van der Waals surface area contributed by atoms with Gasteiger partial charge in [-0.15, -0.1) is 0 Å². The summed E-state index contributed by atoms with van der Waals surface area (Å²) in [5, 5.41) is 0. The van der Waals surface area contributed by atoms with E-state index >= 15 is 0 Å². The van der Waals surface area contributed by atoms with Gasteiger partial charge in [-0.25, -0.2) is 0 Å². The number of hydrogen-bond donors (Lipinski definition) is 2. The first-order chi connectivity index (χ1) is 14.8. The maximum absolute atomic E-state index is 6.32. The maximum atomic E-state index is 6.32. The Bertz CT molecular complexity index is 999. The van der Waals surface area contributed by atoms with Gasteiger partial charge < -0.3 is 20.9 Å². The van der Waals surface area contributed by atoms with E-state index in [1.165, 1.54) is 46.4 Å². The van der Waals surface area contributed by atoms with Gasteiger partial charge in [0, 0.05) is 35.4 Å². The van der Waals surface area contributed by atoms with Gasteiger partial charge in [-0.05, 0) is 85.3 Å². The third-order valence-electron chi connectivity index (χ3n) is 7.97. The van der Waals surface area contributed by atoms with Crippen LogP contribution in [0.15, 0.2) is 18.2 Å². The second kappa shape index (κ2) is 7.28. The van der Waals surface area contributed by atoms with Crippen LogP contribution >= 0.6 is 0 Å². The van der Waals surface area contributed by atoms with Crippen molar-refractivity contribution in [3.8, 4) is 11.5 Å². The van der Waals surface area contributed by atoms with Crippen LogP contribution in [0.3, 0.4) is 0 Å². The minimum Gasteiger partial charge on any atom is -0.493 e. The van der Waals surface area contributed by atoms with Crippen molar-refractivity contribution in [1.82, 2.24) is 0 Å². The van der Waals surface area contributed by atoms with Gasteiger partial charge in [0.1, 0.15) is 11.5 Å². The number of aryl methyl sites for hydroxylation is 1. The third-order valence-corrected chi connectivity index (χ3v) is 7.97. The molecule has 0 amide bonds. The van der Waals surface area contributed by atoms with Gasteiger partial charge in [-0.3, -0.25) is 0 Å². The standard InChI is InChI=1S/C26H32N2O2/c27-9-5-15-1-2-16-14-22(26-20(24(15)16)8-12-30-26)21-13-17(6-10-28)25-18(21)3-4-23-19(25)7-11-29-23/h3-4,14-15,17,21H,1-2,5-13,27-28H2. The lowest BCUT2D eigenvalue weighted by molar-refractivity contribution is 0.351. The lowest BCUT2D eigenvalue weighted by atomic mass is 9.84. The normalized spacial score (nSPS) is 25.5. The SMILES string of the molecule is NCCC1CCc2cc(C3CC(CCN)c4c3ccc3c4CCO3)c3c(c21)CCO3. The van der Waals surface area contributed by atoms with Crippen molar-refractivity contribution in [2.45, 2.75) is 62.7 Å². The van der Waals surface area contributed by atoms with E-state index < -0.39 is 0 Å². The van der Waals surface area contributed by atoms with Gasteiger partial charge >= 0.3 is 0 Å². The predicted octanol–water partition coefficient (Wildman–Crippen LogP) is 3.90. The number of hydrogen-bond acceptors (Lipinski definition) is 4. The van der Waals surface area contributed by atoms with Crippen LogP contribution in [0, 0.1) is 0 Å². The summed E-state index contributed by atoms with van der Waals surface area (Å²) in [5.41, 5.74) is 22.5. The van der Waals surface area contributed by atoms with E-state index in [-0.39, 0.29) is 0 Å². The summed E-state index contributed by atoms with van der Waals surface area (Å²) in [6.07, 6.45) is 7.79.